The van der Waals surface area contributed by atoms with Gasteiger partial charge in [0.05, 0.1) is 17.3 Å². The molecule has 0 spiro atoms. The number of carbonyl (C=O) groups is 1. The van der Waals surface area contributed by atoms with Gasteiger partial charge in [0, 0.05) is 10.6 Å². The van der Waals surface area contributed by atoms with E-state index in [1.54, 1.807) is 25.1 Å². The number of ketones is 1. The lowest BCUT2D eigenvalue weighted by Crippen LogP contribution is -2.12. The second-order valence-electron chi connectivity index (χ2n) is 3.12. The van der Waals surface area contributed by atoms with Gasteiger partial charge in [-0.05, 0) is 24.6 Å². The summed E-state index contributed by atoms with van der Waals surface area (Å²) in [6.07, 6.45) is 0.220. The summed E-state index contributed by atoms with van der Waals surface area (Å²) in [5, 5.41) is 9.14. The normalized spacial score (nSPS) is 11.9. The van der Waals surface area contributed by atoms with Crippen molar-refractivity contribution in [3.8, 4) is 6.07 Å². The first-order chi connectivity index (χ1) is 7.06. The van der Waals surface area contributed by atoms with E-state index >= 15 is 0 Å². The van der Waals surface area contributed by atoms with Crippen LogP contribution in [-0.2, 0) is 6.42 Å². The van der Waals surface area contributed by atoms with Crippen molar-refractivity contribution in [1.82, 2.24) is 0 Å². The molecule has 0 saturated heterocycles. The van der Waals surface area contributed by atoms with Crippen LogP contribution < -0.4 is 0 Å². The summed E-state index contributed by atoms with van der Waals surface area (Å²) in [5.74, 6) is -0.0530. The maximum absolute atomic E-state index is 11.8. The lowest BCUT2D eigenvalue weighted by Gasteiger charge is -2.07. The smallest absolute Gasteiger partial charge is 0.176 e. The highest BCUT2D eigenvalue weighted by molar-refractivity contribution is 9.10. The third-order valence-corrected chi connectivity index (χ3v) is 2.62. The molecule has 4 heteroatoms. The first-order valence-electron chi connectivity index (χ1n) is 4.40. The van der Waals surface area contributed by atoms with Crippen molar-refractivity contribution in [2.24, 2.45) is 0 Å². The molecule has 0 radical (unpaired) electrons. The quantitative estimate of drug-likeness (QED) is 0.631. The summed E-state index contributed by atoms with van der Waals surface area (Å²) in [6, 6.07) is 7.03. The predicted octanol–water partition coefficient (Wildman–Crippen LogP) is 3.37. The standard InChI is InChI=1S/C11H9BrClNO/c1-7(12)11(15)10-6-9(13)3-2-8(10)4-5-14/h2-3,6-7H,4H2,1H3. The maximum atomic E-state index is 11.8. The number of rotatable bonds is 3. The van der Waals surface area contributed by atoms with Gasteiger partial charge in [-0.1, -0.05) is 33.6 Å². The van der Waals surface area contributed by atoms with Crippen LogP contribution in [0.25, 0.3) is 0 Å². The molecular weight excluding hydrogens is 277 g/mol. The Kier molecular flexibility index (Phi) is 4.31. The number of hydrogen-bond donors (Lipinski definition) is 0. The van der Waals surface area contributed by atoms with E-state index in [2.05, 4.69) is 15.9 Å². The molecule has 1 aromatic rings. The average molecular weight is 287 g/mol. The van der Waals surface area contributed by atoms with Gasteiger partial charge in [-0.2, -0.15) is 5.26 Å². The predicted molar refractivity (Wildman–Crippen MR) is 63.5 cm³/mol. The highest BCUT2D eigenvalue weighted by Gasteiger charge is 2.16. The Hall–Kier alpha value is -0.850. The number of nitriles is 1. The van der Waals surface area contributed by atoms with Gasteiger partial charge in [-0.3, -0.25) is 4.79 Å². The highest BCUT2D eigenvalue weighted by atomic mass is 79.9. The SMILES string of the molecule is CC(Br)C(=O)c1cc(Cl)ccc1CC#N. The molecule has 1 aromatic carbocycles. The molecule has 1 unspecified atom stereocenters. The Balaban J connectivity index is 3.19. The molecule has 0 aliphatic heterocycles. The minimum Gasteiger partial charge on any atom is -0.293 e. The number of alkyl halides is 1. The van der Waals surface area contributed by atoms with E-state index in [4.69, 9.17) is 16.9 Å². The summed E-state index contributed by atoms with van der Waals surface area (Å²) in [7, 11) is 0. The monoisotopic (exact) mass is 285 g/mol. The Morgan fingerprint density at radius 3 is 2.87 bits per heavy atom. The zero-order valence-electron chi connectivity index (χ0n) is 8.13. The number of benzene rings is 1. The van der Waals surface area contributed by atoms with E-state index in [-0.39, 0.29) is 17.0 Å². The Morgan fingerprint density at radius 2 is 2.33 bits per heavy atom. The fourth-order valence-corrected chi connectivity index (χ4v) is 1.65. The Labute approximate surface area is 102 Å². The van der Waals surface area contributed by atoms with Crippen molar-refractivity contribution in [2.75, 3.05) is 0 Å². The fraction of sp³-hybridized carbons (Fsp3) is 0.273. The number of nitrogens with zero attached hydrogens (tertiary/aromatic N) is 1. The summed E-state index contributed by atoms with van der Waals surface area (Å²) >= 11 is 9.03. The van der Waals surface area contributed by atoms with E-state index in [1.807, 2.05) is 6.07 Å². The van der Waals surface area contributed by atoms with Crippen LogP contribution in [0.4, 0.5) is 0 Å². The molecule has 78 valence electrons. The molecule has 0 aliphatic rings. The molecule has 0 N–H and O–H groups in total. The van der Waals surface area contributed by atoms with Gasteiger partial charge in [0.1, 0.15) is 0 Å². The second kappa shape index (κ2) is 5.29. The number of halogens is 2. The summed E-state index contributed by atoms with van der Waals surface area (Å²) in [4.78, 5) is 11.5. The van der Waals surface area contributed by atoms with E-state index in [0.717, 1.165) is 5.56 Å². The van der Waals surface area contributed by atoms with Gasteiger partial charge in [-0.15, -0.1) is 0 Å². The van der Waals surface area contributed by atoms with Crippen LogP contribution in [0.3, 0.4) is 0 Å². The van der Waals surface area contributed by atoms with E-state index in [1.165, 1.54) is 0 Å². The Bertz CT molecular complexity index is 423. The number of carbonyl (C=O) groups excluding carboxylic acids is 1. The molecule has 1 atom stereocenters. The molecule has 0 bridgehead atoms. The maximum Gasteiger partial charge on any atom is 0.176 e. The minimum atomic E-state index is -0.270. The molecule has 0 aromatic heterocycles. The van der Waals surface area contributed by atoms with Crippen molar-refractivity contribution in [3.05, 3.63) is 34.3 Å². The number of Topliss-reactive ketones (excluding diaryl/α,β-unsaturated/α-hetero) is 1. The van der Waals surface area contributed by atoms with Crippen LogP contribution in [-0.4, -0.2) is 10.6 Å². The van der Waals surface area contributed by atoms with Crippen LogP contribution in [0.15, 0.2) is 18.2 Å². The largest absolute Gasteiger partial charge is 0.293 e. The molecule has 0 heterocycles. The first-order valence-corrected chi connectivity index (χ1v) is 5.69. The topological polar surface area (TPSA) is 40.9 Å². The summed E-state index contributed by atoms with van der Waals surface area (Å²) in [5.41, 5.74) is 1.24. The van der Waals surface area contributed by atoms with Crippen LogP contribution in [0.1, 0.15) is 22.8 Å². The average Bonchev–Trinajstić information content (AvgIpc) is 2.20. The molecule has 0 saturated carbocycles. The van der Waals surface area contributed by atoms with Gasteiger partial charge in [0.15, 0.2) is 5.78 Å². The highest BCUT2D eigenvalue weighted by Crippen LogP contribution is 2.20. The summed E-state index contributed by atoms with van der Waals surface area (Å²) in [6.45, 7) is 1.75. The third-order valence-electron chi connectivity index (χ3n) is 1.97. The van der Waals surface area contributed by atoms with Crippen LogP contribution >= 0.6 is 27.5 Å². The van der Waals surface area contributed by atoms with Crippen LogP contribution in [0, 0.1) is 11.3 Å². The molecule has 0 amide bonds. The van der Waals surface area contributed by atoms with E-state index in [9.17, 15) is 4.79 Å². The van der Waals surface area contributed by atoms with Crippen molar-refractivity contribution in [1.29, 1.82) is 5.26 Å². The van der Waals surface area contributed by atoms with Crippen molar-refractivity contribution in [3.63, 3.8) is 0 Å². The van der Waals surface area contributed by atoms with E-state index < -0.39 is 0 Å². The minimum absolute atomic E-state index is 0.0530. The Morgan fingerprint density at radius 1 is 1.67 bits per heavy atom. The summed E-state index contributed by atoms with van der Waals surface area (Å²) < 4.78 is 0. The molecule has 2 nitrogen and oxygen atoms in total. The lowest BCUT2D eigenvalue weighted by atomic mass is 10.0. The van der Waals surface area contributed by atoms with Crippen LogP contribution in [0.2, 0.25) is 5.02 Å². The van der Waals surface area contributed by atoms with E-state index in [0.29, 0.717) is 10.6 Å². The van der Waals surface area contributed by atoms with Crippen molar-refractivity contribution < 1.29 is 4.79 Å². The molecule has 15 heavy (non-hydrogen) atoms. The molecule has 0 fully saturated rings. The molecular formula is C11H9BrClNO. The zero-order valence-corrected chi connectivity index (χ0v) is 10.5. The van der Waals surface area contributed by atoms with Gasteiger partial charge in [0.2, 0.25) is 0 Å². The second-order valence-corrected chi connectivity index (χ2v) is 4.93. The van der Waals surface area contributed by atoms with Crippen molar-refractivity contribution in [2.45, 2.75) is 18.2 Å². The van der Waals surface area contributed by atoms with Gasteiger partial charge in [0.25, 0.3) is 0 Å². The molecule has 1 rings (SSSR count). The van der Waals surface area contributed by atoms with Gasteiger partial charge in [-0.25, -0.2) is 0 Å². The lowest BCUT2D eigenvalue weighted by molar-refractivity contribution is 0.0995. The van der Waals surface area contributed by atoms with Gasteiger partial charge < -0.3 is 0 Å². The van der Waals surface area contributed by atoms with Gasteiger partial charge >= 0.3 is 0 Å². The van der Waals surface area contributed by atoms with Crippen LogP contribution in [0.5, 0.6) is 0 Å². The third kappa shape index (κ3) is 3.05. The fourth-order valence-electron chi connectivity index (χ4n) is 1.23. The number of hydrogen-bond acceptors (Lipinski definition) is 2. The van der Waals surface area contributed by atoms with Crippen molar-refractivity contribution >= 4 is 33.3 Å². The zero-order chi connectivity index (χ0) is 11.4. The molecule has 0 aliphatic carbocycles. The first kappa shape index (κ1) is 12.2.